The lowest BCUT2D eigenvalue weighted by atomic mass is 9.90. The third-order valence-corrected chi connectivity index (χ3v) is 2.85. The van der Waals surface area contributed by atoms with E-state index in [-0.39, 0.29) is 0 Å². The molecule has 14 heavy (non-hydrogen) atoms. The molecule has 0 radical (unpaired) electrons. The van der Waals surface area contributed by atoms with E-state index in [1.54, 1.807) is 7.11 Å². The van der Waals surface area contributed by atoms with Crippen LogP contribution in [0.4, 0.5) is 0 Å². The zero-order valence-electron chi connectivity index (χ0n) is 8.80. The molecule has 0 bridgehead atoms. The molecule has 0 aliphatic carbocycles. The van der Waals surface area contributed by atoms with Crippen LogP contribution in [0.2, 0.25) is 5.02 Å². The molecule has 2 nitrogen and oxygen atoms in total. The van der Waals surface area contributed by atoms with E-state index in [2.05, 4.69) is 0 Å². The molecule has 1 aromatic rings. The van der Waals surface area contributed by atoms with Gasteiger partial charge < -0.3 is 10.5 Å². The van der Waals surface area contributed by atoms with Crippen molar-refractivity contribution in [2.75, 3.05) is 7.11 Å². The van der Waals surface area contributed by atoms with Gasteiger partial charge in [-0.1, -0.05) is 18.5 Å². The van der Waals surface area contributed by atoms with Crippen LogP contribution in [0.1, 0.15) is 25.8 Å². The van der Waals surface area contributed by atoms with Crippen molar-refractivity contribution in [3.63, 3.8) is 0 Å². The van der Waals surface area contributed by atoms with Gasteiger partial charge in [0.15, 0.2) is 0 Å². The van der Waals surface area contributed by atoms with Gasteiger partial charge in [0.05, 0.1) is 7.11 Å². The van der Waals surface area contributed by atoms with Crippen LogP contribution in [0.5, 0.6) is 5.75 Å². The number of halogens is 1. The number of nitrogens with two attached hydrogens (primary N) is 1. The number of methoxy groups -OCH3 is 1. The minimum atomic E-state index is -0.397. The van der Waals surface area contributed by atoms with Crippen LogP contribution in [-0.4, -0.2) is 7.11 Å². The highest BCUT2D eigenvalue weighted by Crippen LogP contribution is 2.31. The predicted molar refractivity (Wildman–Crippen MR) is 59.8 cm³/mol. The van der Waals surface area contributed by atoms with Gasteiger partial charge in [0.25, 0.3) is 0 Å². The number of benzene rings is 1. The highest BCUT2D eigenvalue weighted by atomic mass is 35.5. The Kier molecular flexibility index (Phi) is 3.40. The third kappa shape index (κ3) is 2.20. The summed E-state index contributed by atoms with van der Waals surface area (Å²) < 4.78 is 5.14. The maximum atomic E-state index is 6.12. The van der Waals surface area contributed by atoms with Crippen molar-refractivity contribution in [3.05, 3.63) is 28.8 Å². The minimum absolute atomic E-state index is 0.397. The second-order valence-electron chi connectivity index (χ2n) is 3.62. The molecule has 0 amide bonds. The summed E-state index contributed by atoms with van der Waals surface area (Å²) in [5.74, 6) is 0.787. The topological polar surface area (TPSA) is 35.2 Å². The zero-order valence-corrected chi connectivity index (χ0v) is 9.56. The van der Waals surface area contributed by atoms with Gasteiger partial charge in [-0.25, -0.2) is 0 Å². The molecule has 0 aliphatic rings. The van der Waals surface area contributed by atoms with Gasteiger partial charge in [-0.15, -0.1) is 0 Å². The molecule has 78 valence electrons. The molecule has 0 fully saturated rings. The summed E-state index contributed by atoms with van der Waals surface area (Å²) in [6.07, 6.45) is 0.833. The molecule has 0 heterocycles. The molecule has 0 saturated carbocycles. The lowest BCUT2D eigenvalue weighted by molar-refractivity contribution is 0.410. The van der Waals surface area contributed by atoms with Crippen LogP contribution in [0.3, 0.4) is 0 Å². The van der Waals surface area contributed by atoms with E-state index < -0.39 is 5.54 Å². The van der Waals surface area contributed by atoms with Crippen molar-refractivity contribution in [2.24, 2.45) is 5.73 Å². The molecule has 0 saturated heterocycles. The van der Waals surface area contributed by atoms with Crippen LogP contribution in [0, 0.1) is 0 Å². The number of ether oxygens (including phenoxy) is 1. The van der Waals surface area contributed by atoms with Gasteiger partial charge in [0.2, 0.25) is 0 Å². The van der Waals surface area contributed by atoms with E-state index in [1.165, 1.54) is 0 Å². The first-order valence-electron chi connectivity index (χ1n) is 4.64. The average molecular weight is 214 g/mol. The second-order valence-corrected chi connectivity index (χ2v) is 4.02. The van der Waals surface area contributed by atoms with Gasteiger partial charge in [-0.05, 0) is 37.1 Å². The van der Waals surface area contributed by atoms with Crippen LogP contribution < -0.4 is 10.5 Å². The lowest BCUT2D eigenvalue weighted by Crippen LogP contribution is -2.32. The summed E-state index contributed by atoms with van der Waals surface area (Å²) in [5.41, 5.74) is 6.66. The summed E-state index contributed by atoms with van der Waals surface area (Å²) in [4.78, 5) is 0. The summed E-state index contributed by atoms with van der Waals surface area (Å²) in [6, 6.07) is 5.54. The van der Waals surface area contributed by atoms with Crippen LogP contribution >= 0.6 is 11.6 Å². The van der Waals surface area contributed by atoms with Gasteiger partial charge in [-0.3, -0.25) is 0 Å². The van der Waals surface area contributed by atoms with E-state index in [0.717, 1.165) is 17.7 Å². The van der Waals surface area contributed by atoms with Gasteiger partial charge in [0, 0.05) is 10.6 Å². The molecule has 3 heteroatoms. The Morgan fingerprint density at radius 1 is 1.50 bits per heavy atom. The zero-order chi connectivity index (χ0) is 10.8. The van der Waals surface area contributed by atoms with Gasteiger partial charge in [0.1, 0.15) is 5.75 Å². The monoisotopic (exact) mass is 213 g/mol. The second kappa shape index (κ2) is 4.20. The molecule has 1 unspecified atom stereocenters. The summed E-state index contributed by atoms with van der Waals surface area (Å²) in [6.45, 7) is 4.00. The Hall–Kier alpha value is -0.730. The Morgan fingerprint density at radius 3 is 2.64 bits per heavy atom. The molecule has 0 aromatic heterocycles. The Morgan fingerprint density at radius 2 is 2.14 bits per heavy atom. The first-order chi connectivity index (χ1) is 6.51. The Balaban J connectivity index is 3.18. The quantitative estimate of drug-likeness (QED) is 0.838. The highest BCUT2D eigenvalue weighted by Gasteiger charge is 2.22. The summed E-state index contributed by atoms with van der Waals surface area (Å²) in [5, 5.41) is 0.692. The van der Waals surface area contributed by atoms with Gasteiger partial charge >= 0.3 is 0 Å². The molecule has 2 N–H and O–H groups in total. The van der Waals surface area contributed by atoms with Crippen molar-refractivity contribution >= 4 is 11.6 Å². The molecule has 1 rings (SSSR count). The van der Waals surface area contributed by atoms with Crippen molar-refractivity contribution in [2.45, 2.75) is 25.8 Å². The molecule has 0 spiro atoms. The van der Waals surface area contributed by atoms with E-state index >= 15 is 0 Å². The molecule has 1 atom stereocenters. The van der Waals surface area contributed by atoms with Crippen LogP contribution in [-0.2, 0) is 5.54 Å². The van der Waals surface area contributed by atoms with Crippen LogP contribution in [0.25, 0.3) is 0 Å². The van der Waals surface area contributed by atoms with Crippen molar-refractivity contribution in [1.82, 2.24) is 0 Å². The number of hydrogen-bond donors (Lipinski definition) is 1. The van der Waals surface area contributed by atoms with E-state index in [4.69, 9.17) is 22.1 Å². The molecule has 1 aromatic carbocycles. The van der Waals surface area contributed by atoms with Crippen molar-refractivity contribution < 1.29 is 4.74 Å². The van der Waals surface area contributed by atoms with E-state index in [9.17, 15) is 0 Å². The normalized spacial score (nSPS) is 14.9. The van der Waals surface area contributed by atoms with Crippen LogP contribution in [0.15, 0.2) is 18.2 Å². The lowest BCUT2D eigenvalue weighted by Gasteiger charge is -2.24. The fourth-order valence-electron chi connectivity index (χ4n) is 1.26. The predicted octanol–water partition coefficient (Wildman–Crippen LogP) is 2.93. The Labute approximate surface area is 90.0 Å². The largest absolute Gasteiger partial charge is 0.497 e. The highest BCUT2D eigenvalue weighted by molar-refractivity contribution is 6.31. The smallest absolute Gasteiger partial charge is 0.119 e. The minimum Gasteiger partial charge on any atom is -0.497 e. The Bertz CT molecular complexity index is 323. The fourth-order valence-corrected chi connectivity index (χ4v) is 1.59. The van der Waals surface area contributed by atoms with Crippen molar-refractivity contribution in [3.8, 4) is 5.75 Å². The van der Waals surface area contributed by atoms with Crippen molar-refractivity contribution in [1.29, 1.82) is 0 Å². The van der Waals surface area contributed by atoms with E-state index in [0.29, 0.717) is 5.02 Å². The first kappa shape index (κ1) is 11.3. The third-order valence-electron chi connectivity index (χ3n) is 2.52. The summed E-state index contributed by atoms with van der Waals surface area (Å²) in [7, 11) is 1.63. The fraction of sp³-hybridized carbons (Fsp3) is 0.455. The number of rotatable bonds is 3. The SMILES string of the molecule is CCC(C)(N)c1cc(OC)ccc1Cl. The molecule has 0 aliphatic heterocycles. The van der Waals surface area contributed by atoms with E-state index in [1.807, 2.05) is 32.0 Å². The molecular weight excluding hydrogens is 198 g/mol. The standard InChI is InChI=1S/C11H16ClNO/c1-4-11(2,13)9-7-8(14-3)5-6-10(9)12/h5-7H,4,13H2,1-3H3. The maximum Gasteiger partial charge on any atom is 0.119 e. The number of hydrogen-bond acceptors (Lipinski definition) is 2. The maximum absolute atomic E-state index is 6.12. The first-order valence-corrected chi connectivity index (χ1v) is 5.02. The summed E-state index contributed by atoms with van der Waals surface area (Å²) >= 11 is 6.08. The average Bonchev–Trinajstić information content (AvgIpc) is 2.18. The molecular formula is C11H16ClNO. The van der Waals surface area contributed by atoms with Gasteiger partial charge in [-0.2, -0.15) is 0 Å².